The van der Waals surface area contributed by atoms with E-state index in [-0.39, 0.29) is 0 Å². The van der Waals surface area contributed by atoms with Gasteiger partial charge < -0.3 is 0 Å². The van der Waals surface area contributed by atoms with E-state index < -0.39 is 0 Å². The van der Waals surface area contributed by atoms with Crippen molar-refractivity contribution in [3.8, 4) is 0 Å². The number of nitrogens with zero attached hydrogens (tertiary/aromatic N) is 2. The molecule has 1 radical (unpaired) electrons. The lowest BCUT2D eigenvalue weighted by Crippen LogP contribution is -1.92. The Morgan fingerprint density at radius 3 is 2.56 bits per heavy atom. The molecule has 0 atom stereocenters. The molecule has 0 saturated carbocycles. The molecule has 9 heavy (non-hydrogen) atoms. The minimum absolute atomic E-state index is 0.792. The second kappa shape index (κ2) is 2.58. The molecule has 0 bridgehead atoms. The Kier molecular flexibility index (Phi) is 1.78. The molecule has 0 aromatic carbocycles. The average Bonchev–Trinajstić information content (AvgIpc) is 1.89. The van der Waals surface area contributed by atoms with Gasteiger partial charge in [0.05, 0.1) is 11.4 Å². The molecule has 0 spiro atoms. The van der Waals surface area contributed by atoms with Gasteiger partial charge in [0.1, 0.15) is 0 Å². The van der Waals surface area contributed by atoms with Crippen LogP contribution in [-0.4, -0.2) is 9.97 Å². The largest absolute Gasteiger partial charge is 0.258 e. The highest BCUT2D eigenvalue weighted by Crippen LogP contribution is 1.97. The molecule has 47 valence electrons. The molecule has 2 nitrogen and oxygen atoms in total. The molecule has 0 aliphatic heterocycles. The number of aryl methyl sites for hydroxylation is 1. The van der Waals surface area contributed by atoms with E-state index in [1.165, 1.54) is 0 Å². The van der Waals surface area contributed by atoms with Gasteiger partial charge in [0, 0.05) is 12.4 Å². The Balaban J connectivity index is 3.01. The van der Waals surface area contributed by atoms with Crippen LogP contribution in [0, 0.1) is 6.92 Å². The molecule has 0 aliphatic carbocycles. The smallest absolute Gasteiger partial charge is 0.0622 e. The SMILES string of the molecule is [CH2]c1nccnc1CC. The summed E-state index contributed by atoms with van der Waals surface area (Å²) < 4.78 is 0. The summed E-state index contributed by atoms with van der Waals surface area (Å²) in [6.45, 7) is 5.76. The van der Waals surface area contributed by atoms with Crippen LogP contribution in [0.25, 0.3) is 0 Å². The van der Waals surface area contributed by atoms with Gasteiger partial charge in [0.15, 0.2) is 0 Å². The predicted octanol–water partition coefficient (Wildman–Crippen LogP) is 1.22. The van der Waals surface area contributed by atoms with E-state index in [2.05, 4.69) is 16.9 Å². The van der Waals surface area contributed by atoms with E-state index in [1.54, 1.807) is 12.4 Å². The van der Waals surface area contributed by atoms with Gasteiger partial charge in [0.2, 0.25) is 0 Å². The van der Waals surface area contributed by atoms with Crippen molar-refractivity contribution in [2.24, 2.45) is 0 Å². The number of hydrogen-bond donors (Lipinski definition) is 0. The van der Waals surface area contributed by atoms with Crippen molar-refractivity contribution in [1.82, 2.24) is 9.97 Å². The Bertz CT molecular complexity index is 196. The van der Waals surface area contributed by atoms with Crippen LogP contribution in [-0.2, 0) is 6.42 Å². The van der Waals surface area contributed by atoms with E-state index in [1.807, 2.05) is 6.92 Å². The Morgan fingerprint density at radius 1 is 1.44 bits per heavy atom. The highest BCUT2D eigenvalue weighted by molar-refractivity contribution is 5.12. The van der Waals surface area contributed by atoms with Gasteiger partial charge in [-0.3, -0.25) is 9.97 Å². The lowest BCUT2D eigenvalue weighted by molar-refractivity contribution is 0.979. The van der Waals surface area contributed by atoms with Crippen molar-refractivity contribution in [3.63, 3.8) is 0 Å². The van der Waals surface area contributed by atoms with E-state index in [0.717, 1.165) is 17.8 Å². The van der Waals surface area contributed by atoms with Crippen LogP contribution in [0.5, 0.6) is 0 Å². The fourth-order valence-electron chi connectivity index (χ4n) is 0.691. The highest BCUT2D eigenvalue weighted by atomic mass is 14.8. The molecule has 2 heteroatoms. The molecule has 0 fully saturated rings. The van der Waals surface area contributed by atoms with Crippen LogP contribution >= 0.6 is 0 Å². The minimum Gasteiger partial charge on any atom is -0.258 e. The highest BCUT2D eigenvalue weighted by Gasteiger charge is 1.93. The van der Waals surface area contributed by atoms with Crippen molar-refractivity contribution >= 4 is 0 Å². The van der Waals surface area contributed by atoms with E-state index in [9.17, 15) is 0 Å². The summed E-state index contributed by atoms with van der Waals surface area (Å²) >= 11 is 0. The van der Waals surface area contributed by atoms with Crippen LogP contribution in [0.2, 0.25) is 0 Å². The van der Waals surface area contributed by atoms with Crippen molar-refractivity contribution < 1.29 is 0 Å². The first-order valence-electron chi connectivity index (χ1n) is 2.96. The maximum Gasteiger partial charge on any atom is 0.0622 e. The van der Waals surface area contributed by atoms with E-state index in [4.69, 9.17) is 0 Å². The summed E-state index contributed by atoms with van der Waals surface area (Å²) in [6.07, 6.45) is 4.25. The van der Waals surface area contributed by atoms with E-state index in [0.29, 0.717) is 0 Å². The first-order valence-corrected chi connectivity index (χ1v) is 2.96. The zero-order valence-electron chi connectivity index (χ0n) is 5.46. The number of hydrogen-bond acceptors (Lipinski definition) is 2. The van der Waals surface area contributed by atoms with Crippen LogP contribution < -0.4 is 0 Å². The quantitative estimate of drug-likeness (QED) is 0.558. The van der Waals surface area contributed by atoms with Crippen LogP contribution in [0.3, 0.4) is 0 Å². The number of rotatable bonds is 1. The predicted molar refractivity (Wildman–Crippen MR) is 35.9 cm³/mol. The van der Waals surface area contributed by atoms with E-state index >= 15 is 0 Å². The third-order valence-corrected chi connectivity index (χ3v) is 1.20. The van der Waals surface area contributed by atoms with Gasteiger partial charge in [-0.25, -0.2) is 0 Å². The zero-order valence-corrected chi connectivity index (χ0v) is 5.46. The average molecular weight is 121 g/mol. The van der Waals surface area contributed by atoms with Crippen molar-refractivity contribution in [3.05, 3.63) is 30.7 Å². The summed E-state index contributed by atoms with van der Waals surface area (Å²) in [5, 5.41) is 0. The summed E-state index contributed by atoms with van der Waals surface area (Å²) in [4.78, 5) is 8.05. The normalized spacial score (nSPS) is 9.56. The van der Waals surface area contributed by atoms with Gasteiger partial charge in [-0.05, 0) is 13.3 Å². The molecule has 0 unspecified atom stereocenters. The van der Waals surface area contributed by atoms with Crippen LogP contribution in [0.4, 0.5) is 0 Å². The first kappa shape index (κ1) is 6.20. The van der Waals surface area contributed by atoms with Gasteiger partial charge in [-0.15, -0.1) is 0 Å². The summed E-state index contributed by atoms with van der Waals surface area (Å²) in [5.41, 5.74) is 1.78. The fraction of sp³-hybridized carbons (Fsp3) is 0.286. The molecular formula is C7H9N2. The summed E-state index contributed by atoms with van der Waals surface area (Å²) in [7, 11) is 0. The lowest BCUT2D eigenvalue weighted by atomic mass is 10.3. The Hall–Kier alpha value is -0.920. The molecule has 0 N–H and O–H groups in total. The molecule has 1 rings (SSSR count). The van der Waals surface area contributed by atoms with Gasteiger partial charge in [-0.2, -0.15) is 0 Å². The molecule has 0 amide bonds. The standard InChI is InChI=1S/C7H9N2/c1-3-7-6(2)8-4-5-9-7/h4-5H,2-3H2,1H3. The van der Waals surface area contributed by atoms with Crippen molar-refractivity contribution in [2.45, 2.75) is 13.3 Å². The second-order valence-electron chi connectivity index (χ2n) is 1.80. The second-order valence-corrected chi connectivity index (χ2v) is 1.80. The van der Waals surface area contributed by atoms with Crippen LogP contribution in [0.15, 0.2) is 12.4 Å². The number of aromatic nitrogens is 2. The van der Waals surface area contributed by atoms with Gasteiger partial charge in [-0.1, -0.05) is 6.92 Å². The topological polar surface area (TPSA) is 25.8 Å². The minimum atomic E-state index is 0.792. The summed E-state index contributed by atoms with van der Waals surface area (Å²) in [5.74, 6) is 0. The molecule has 0 aliphatic rings. The lowest BCUT2D eigenvalue weighted by Gasteiger charge is -1.95. The molecule has 1 heterocycles. The third kappa shape index (κ3) is 1.25. The fourth-order valence-corrected chi connectivity index (χ4v) is 0.691. The molecule has 1 aromatic rings. The molecule has 0 saturated heterocycles. The van der Waals surface area contributed by atoms with Crippen LogP contribution in [0.1, 0.15) is 18.3 Å². The van der Waals surface area contributed by atoms with Crippen molar-refractivity contribution in [1.29, 1.82) is 0 Å². The maximum atomic E-state index is 4.07. The third-order valence-electron chi connectivity index (χ3n) is 1.20. The zero-order chi connectivity index (χ0) is 6.69. The summed E-state index contributed by atoms with van der Waals surface area (Å²) in [6, 6.07) is 0. The van der Waals surface area contributed by atoms with Crippen molar-refractivity contribution in [2.75, 3.05) is 0 Å². The van der Waals surface area contributed by atoms with Gasteiger partial charge >= 0.3 is 0 Å². The Morgan fingerprint density at radius 2 is 2.11 bits per heavy atom. The molecule has 1 aromatic heterocycles. The Labute approximate surface area is 55.0 Å². The maximum absolute atomic E-state index is 4.07. The monoisotopic (exact) mass is 121 g/mol. The molecular weight excluding hydrogens is 112 g/mol. The van der Waals surface area contributed by atoms with Gasteiger partial charge in [0.25, 0.3) is 0 Å². The first-order chi connectivity index (χ1) is 4.34.